The van der Waals surface area contributed by atoms with E-state index in [1.54, 1.807) is 0 Å². The van der Waals surface area contributed by atoms with Gasteiger partial charge >= 0.3 is 0 Å². The highest BCUT2D eigenvalue weighted by molar-refractivity contribution is 7.41. The molecule has 0 aliphatic carbocycles. The maximum Gasteiger partial charge on any atom is -0.0138 e. The van der Waals surface area contributed by atoms with Gasteiger partial charge in [0.25, 0.3) is 0 Å². The molecule has 0 radical (unpaired) electrons. The molecule has 1 heterocycles. The van der Waals surface area contributed by atoms with Gasteiger partial charge in [0.15, 0.2) is 0 Å². The number of rotatable bonds is 0. The van der Waals surface area contributed by atoms with Gasteiger partial charge in [0.1, 0.15) is 0 Å². The van der Waals surface area contributed by atoms with Crippen LogP contribution < -0.4 is 0 Å². The fourth-order valence-electron chi connectivity index (χ4n) is 0.302. The molecule has 0 atom stereocenters. The fourth-order valence-corrected chi connectivity index (χ4v) is 0.905. The van der Waals surface area contributed by atoms with Crippen LogP contribution in [-0.2, 0) is 0 Å². The first kappa shape index (κ1) is 3.36. The molecule has 5 heavy (non-hydrogen) atoms. The Kier molecular flexibility index (Phi) is 0.740. The molecule has 0 nitrogen and oxygen atoms in total. The largest absolute Gasteiger partial charge is 0.114 e. The minimum absolute atomic E-state index is 1.20. The highest BCUT2D eigenvalue weighted by Crippen LogP contribution is 2.28. The minimum Gasteiger partial charge on any atom is -0.114 e. The Balaban J connectivity index is 2.32. The van der Waals surface area contributed by atoms with E-state index in [9.17, 15) is 0 Å². The third kappa shape index (κ3) is 0.516. The third-order valence-electron chi connectivity index (χ3n) is 0.750. The van der Waals surface area contributed by atoms with Gasteiger partial charge in [-0.15, -0.1) is 8.58 Å². The molecule has 0 aromatic carbocycles. The minimum atomic E-state index is 1.20. The molecule has 0 amide bonds. The zero-order chi connectivity index (χ0) is 3.70. The van der Waals surface area contributed by atoms with E-state index in [1.807, 2.05) is 0 Å². The van der Waals surface area contributed by atoms with Crippen molar-refractivity contribution in [1.82, 2.24) is 0 Å². The van der Waals surface area contributed by atoms with Gasteiger partial charge in [-0.1, -0.05) is 12.2 Å². The first-order valence-corrected chi connectivity index (χ1v) is 3.18. The van der Waals surface area contributed by atoms with Gasteiger partial charge in [0.2, 0.25) is 0 Å². The summed E-state index contributed by atoms with van der Waals surface area (Å²) in [4.78, 5) is 0. The van der Waals surface area contributed by atoms with Crippen LogP contribution in [0.3, 0.4) is 0 Å². The van der Waals surface area contributed by atoms with Crippen LogP contribution >= 0.6 is 8.58 Å². The Morgan fingerprint density at radius 1 is 1.60 bits per heavy atom. The van der Waals surface area contributed by atoms with Crippen LogP contribution in [0.15, 0.2) is 12.2 Å². The van der Waals surface area contributed by atoms with E-state index in [0.29, 0.717) is 0 Å². The lowest BCUT2D eigenvalue weighted by molar-refractivity contribution is 1.36. The van der Waals surface area contributed by atoms with Crippen molar-refractivity contribution in [2.45, 2.75) is 0 Å². The first-order valence-electron chi connectivity index (χ1n) is 1.77. The quantitative estimate of drug-likeness (QED) is 0.307. The average Bonchev–Trinajstić information content (AvgIpc) is 1.30. The monoisotopic (exact) mass is 86.0 g/mol. The van der Waals surface area contributed by atoms with Crippen LogP contribution in [0.25, 0.3) is 0 Å². The van der Waals surface area contributed by atoms with Gasteiger partial charge in [0.05, 0.1) is 0 Å². The van der Waals surface area contributed by atoms with Crippen LogP contribution in [0, 0.1) is 0 Å². The second-order valence-electron chi connectivity index (χ2n) is 1.35. The maximum atomic E-state index is 3.77. The standard InChI is InChI=1S/C4H7P/c1-4-2-5-3-4/h5H,1-3H2. The smallest absolute Gasteiger partial charge is 0.0138 e. The van der Waals surface area contributed by atoms with Crippen molar-refractivity contribution in [3.63, 3.8) is 0 Å². The van der Waals surface area contributed by atoms with Crippen LogP contribution in [0.5, 0.6) is 0 Å². The van der Waals surface area contributed by atoms with E-state index in [2.05, 4.69) is 6.58 Å². The summed E-state index contributed by atoms with van der Waals surface area (Å²) >= 11 is 0. The molecule has 1 rings (SSSR count). The second-order valence-corrected chi connectivity index (χ2v) is 2.56. The summed E-state index contributed by atoms with van der Waals surface area (Å²) in [6.07, 6.45) is 2.64. The summed E-state index contributed by atoms with van der Waals surface area (Å²) in [6, 6.07) is 0. The molecular weight excluding hydrogens is 79.0 g/mol. The second kappa shape index (κ2) is 1.10. The van der Waals surface area contributed by atoms with E-state index >= 15 is 0 Å². The summed E-state index contributed by atoms with van der Waals surface area (Å²) in [5, 5.41) is 0. The average molecular weight is 86.1 g/mol. The Morgan fingerprint density at radius 2 is 2.00 bits per heavy atom. The summed E-state index contributed by atoms with van der Waals surface area (Å²) in [5.41, 5.74) is 1.45. The van der Waals surface area contributed by atoms with Crippen molar-refractivity contribution in [1.29, 1.82) is 0 Å². The maximum absolute atomic E-state index is 3.77. The van der Waals surface area contributed by atoms with Gasteiger partial charge in [-0.05, 0) is 12.3 Å². The molecule has 0 N–H and O–H groups in total. The fraction of sp³-hybridized carbons (Fsp3) is 0.500. The summed E-state index contributed by atoms with van der Waals surface area (Å²) in [7, 11) is 1.20. The van der Waals surface area contributed by atoms with Gasteiger partial charge in [-0.3, -0.25) is 0 Å². The van der Waals surface area contributed by atoms with Crippen molar-refractivity contribution < 1.29 is 0 Å². The zero-order valence-electron chi connectivity index (χ0n) is 3.12. The molecule has 28 valence electrons. The van der Waals surface area contributed by atoms with E-state index in [-0.39, 0.29) is 0 Å². The van der Waals surface area contributed by atoms with Gasteiger partial charge < -0.3 is 0 Å². The Labute approximate surface area is 34.1 Å². The summed E-state index contributed by atoms with van der Waals surface area (Å²) in [5.74, 6) is 0. The molecule has 0 aromatic heterocycles. The van der Waals surface area contributed by atoms with Crippen molar-refractivity contribution in [3.8, 4) is 0 Å². The van der Waals surface area contributed by atoms with Gasteiger partial charge in [-0.25, -0.2) is 0 Å². The molecule has 0 aromatic rings. The predicted octanol–water partition coefficient (Wildman–Crippen LogP) is 1.23. The summed E-state index contributed by atoms with van der Waals surface area (Å²) < 4.78 is 0. The molecule has 0 bridgehead atoms. The van der Waals surface area contributed by atoms with E-state index in [4.69, 9.17) is 0 Å². The molecule has 1 aliphatic heterocycles. The van der Waals surface area contributed by atoms with Crippen LogP contribution in [0.4, 0.5) is 0 Å². The van der Waals surface area contributed by atoms with Crippen LogP contribution in [0.2, 0.25) is 0 Å². The highest BCUT2D eigenvalue weighted by atomic mass is 31.1. The topological polar surface area (TPSA) is 0 Å². The van der Waals surface area contributed by atoms with E-state index in [0.717, 1.165) is 0 Å². The van der Waals surface area contributed by atoms with Crippen LogP contribution in [-0.4, -0.2) is 12.3 Å². The Hall–Kier alpha value is 0.170. The lowest BCUT2D eigenvalue weighted by Gasteiger charge is -2.12. The molecule has 1 aliphatic rings. The summed E-state index contributed by atoms with van der Waals surface area (Å²) in [6.45, 7) is 3.77. The van der Waals surface area contributed by atoms with E-state index < -0.39 is 0 Å². The Bertz CT molecular complexity index is 50.7. The highest BCUT2D eigenvalue weighted by Gasteiger charge is 2.01. The van der Waals surface area contributed by atoms with Crippen molar-refractivity contribution in [2.24, 2.45) is 0 Å². The normalized spacial score (nSPS) is 22.0. The van der Waals surface area contributed by atoms with E-state index in [1.165, 1.54) is 26.5 Å². The third-order valence-corrected chi connectivity index (χ3v) is 2.25. The molecular formula is C4H7P. The van der Waals surface area contributed by atoms with Crippen molar-refractivity contribution >= 4 is 8.58 Å². The van der Waals surface area contributed by atoms with Crippen molar-refractivity contribution in [2.75, 3.05) is 12.3 Å². The molecule has 1 saturated heterocycles. The van der Waals surface area contributed by atoms with Crippen LogP contribution in [0.1, 0.15) is 0 Å². The molecule has 1 fully saturated rings. The zero-order valence-corrected chi connectivity index (χ0v) is 4.12. The number of allylic oxidation sites excluding steroid dienone is 1. The first-order chi connectivity index (χ1) is 2.39. The lowest BCUT2D eigenvalue weighted by atomic mass is 10.4. The predicted molar refractivity (Wildman–Crippen MR) is 27.2 cm³/mol. The van der Waals surface area contributed by atoms with Gasteiger partial charge in [-0.2, -0.15) is 0 Å². The lowest BCUT2D eigenvalue weighted by Crippen LogP contribution is -1.97. The molecule has 0 unspecified atom stereocenters. The van der Waals surface area contributed by atoms with Gasteiger partial charge in [0, 0.05) is 0 Å². The molecule has 0 spiro atoms. The SMILES string of the molecule is C=C1CPC1. The van der Waals surface area contributed by atoms with Crippen molar-refractivity contribution in [3.05, 3.63) is 12.2 Å². The number of hydrogen-bond acceptors (Lipinski definition) is 0. The molecule has 1 heteroatoms. The molecule has 0 saturated carbocycles. The number of hydrogen-bond donors (Lipinski definition) is 0. The Morgan fingerprint density at radius 3 is 2.00 bits per heavy atom.